The van der Waals surface area contributed by atoms with Gasteiger partial charge in [0.2, 0.25) is 0 Å². The first-order valence-corrected chi connectivity index (χ1v) is 3.06. The predicted octanol–water partition coefficient (Wildman–Crippen LogP) is 2.09. The molecule has 1 rings (SSSR count). The number of allylic oxidation sites excluding steroid dienone is 2. The van der Waals surface area contributed by atoms with Crippen LogP contribution in [0.2, 0.25) is 0 Å². The highest BCUT2D eigenvalue weighted by Gasteiger charge is 2.11. The molecule has 0 fully saturated rings. The minimum absolute atomic E-state index is 0.501. The summed E-state index contributed by atoms with van der Waals surface area (Å²) in [6, 6.07) is 0. The fraction of sp³-hybridized carbons (Fsp3) is 0.571. The summed E-state index contributed by atoms with van der Waals surface area (Å²) in [5, 5.41) is 0. The van der Waals surface area contributed by atoms with Crippen molar-refractivity contribution in [2.75, 3.05) is 0 Å². The van der Waals surface area contributed by atoms with Gasteiger partial charge in [-0.05, 0) is 13.8 Å². The van der Waals surface area contributed by atoms with Crippen molar-refractivity contribution in [1.29, 1.82) is 0 Å². The fourth-order valence-corrected chi connectivity index (χ4v) is 0.838. The van der Waals surface area contributed by atoms with Crippen LogP contribution in [0.15, 0.2) is 16.8 Å². The first kappa shape index (κ1) is 6.46. The number of halogens is 1. The molecule has 0 aromatic carbocycles. The highest BCUT2D eigenvalue weighted by molar-refractivity contribution is 5.88. The van der Waals surface area contributed by atoms with Crippen LogP contribution in [0.4, 0.5) is 4.39 Å². The van der Waals surface area contributed by atoms with Gasteiger partial charge < -0.3 is 0 Å². The molecule has 9 heavy (non-hydrogen) atoms. The van der Waals surface area contributed by atoms with E-state index >= 15 is 0 Å². The van der Waals surface area contributed by atoms with E-state index in [0.29, 0.717) is 12.1 Å². The molecule has 0 saturated carbocycles. The van der Waals surface area contributed by atoms with Gasteiger partial charge in [0.05, 0.1) is 0 Å². The lowest BCUT2D eigenvalue weighted by Crippen LogP contribution is -2.13. The Morgan fingerprint density at radius 3 is 2.78 bits per heavy atom. The second kappa shape index (κ2) is 2.29. The molecular weight excluding hydrogens is 117 g/mol. The van der Waals surface area contributed by atoms with Crippen molar-refractivity contribution >= 4 is 5.71 Å². The van der Waals surface area contributed by atoms with Crippen LogP contribution in [0.1, 0.15) is 20.3 Å². The van der Waals surface area contributed by atoms with Gasteiger partial charge >= 0.3 is 0 Å². The van der Waals surface area contributed by atoms with Gasteiger partial charge in [-0.15, -0.1) is 0 Å². The van der Waals surface area contributed by atoms with Crippen molar-refractivity contribution in [3.8, 4) is 0 Å². The summed E-state index contributed by atoms with van der Waals surface area (Å²) in [7, 11) is 0. The molecule has 50 valence electrons. The zero-order chi connectivity index (χ0) is 6.85. The molecule has 1 aliphatic heterocycles. The Kier molecular flexibility index (Phi) is 1.65. The number of hydrogen-bond donors (Lipinski definition) is 0. The van der Waals surface area contributed by atoms with Crippen LogP contribution in [0.5, 0.6) is 0 Å². The molecule has 0 aliphatic carbocycles. The molecule has 0 aromatic heterocycles. The predicted molar refractivity (Wildman–Crippen MR) is 36.4 cm³/mol. The van der Waals surface area contributed by atoms with Crippen molar-refractivity contribution in [3.63, 3.8) is 0 Å². The van der Waals surface area contributed by atoms with Gasteiger partial charge in [0, 0.05) is 17.8 Å². The molecular formula is C7H10FN. The van der Waals surface area contributed by atoms with Crippen molar-refractivity contribution in [2.45, 2.75) is 26.4 Å². The van der Waals surface area contributed by atoms with Gasteiger partial charge in [0.25, 0.3) is 0 Å². The summed E-state index contributed by atoms with van der Waals surface area (Å²) >= 11 is 0. The molecule has 1 nitrogen and oxygen atoms in total. The maximum absolute atomic E-state index is 12.6. The minimum atomic E-state index is -0.839. The van der Waals surface area contributed by atoms with Crippen LogP contribution < -0.4 is 0 Å². The van der Waals surface area contributed by atoms with Gasteiger partial charge in [-0.2, -0.15) is 0 Å². The molecule has 1 aliphatic rings. The molecule has 2 heteroatoms. The molecule has 0 aromatic rings. The molecule has 1 atom stereocenters. The lowest BCUT2D eigenvalue weighted by atomic mass is 10.1. The summed E-state index contributed by atoms with van der Waals surface area (Å²) < 4.78 is 12.6. The van der Waals surface area contributed by atoms with Crippen molar-refractivity contribution in [1.82, 2.24) is 0 Å². The standard InChI is InChI=1S/C7H10FN/c1-5-3-4-7(8)6(2)9-5/h3,7H,4H2,1-2H3. The van der Waals surface area contributed by atoms with Gasteiger partial charge in [-0.3, -0.25) is 4.99 Å². The Labute approximate surface area is 54.3 Å². The van der Waals surface area contributed by atoms with Crippen molar-refractivity contribution < 1.29 is 4.39 Å². The smallest absolute Gasteiger partial charge is 0.141 e. The third kappa shape index (κ3) is 1.37. The van der Waals surface area contributed by atoms with E-state index in [1.54, 1.807) is 6.92 Å². The van der Waals surface area contributed by atoms with Crippen LogP contribution in [0.3, 0.4) is 0 Å². The molecule has 0 N–H and O–H groups in total. The molecule has 0 spiro atoms. The fourth-order valence-electron chi connectivity index (χ4n) is 0.838. The van der Waals surface area contributed by atoms with Crippen LogP contribution >= 0.6 is 0 Å². The molecule has 1 heterocycles. The first-order chi connectivity index (χ1) is 4.20. The third-order valence-electron chi connectivity index (χ3n) is 1.43. The normalized spacial score (nSPS) is 27.2. The van der Waals surface area contributed by atoms with E-state index in [1.165, 1.54) is 0 Å². The SMILES string of the molecule is CC1=CCC(F)C(C)=N1. The summed E-state index contributed by atoms with van der Waals surface area (Å²) in [6.07, 6.45) is 1.48. The summed E-state index contributed by atoms with van der Waals surface area (Å²) in [5.74, 6) is 0. The number of aliphatic imine (C=N–C) groups is 1. The van der Waals surface area contributed by atoms with E-state index in [-0.39, 0.29) is 0 Å². The lowest BCUT2D eigenvalue weighted by Gasteiger charge is -2.10. The van der Waals surface area contributed by atoms with E-state index in [4.69, 9.17) is 0 Å². The molecule has 0 radical (unpaired) electrons. The Balaban J connectivity index is 2.74. The van der Waals surface area contributed by atoms with Crippen molar-refractivity contribution in [2.24, 2.45) is 4.99 Å². The molecule has 0 bridgehead atoms. The largest absolute Gasteiger partial charge is 0.260 e. The van der Waals surface area contributed by atoms with E-state index in [0.717, 1.165) is 5.70 Å². The Hall–Kier alpha value is -0.660. The monoisotopic (exact) mass is 127 g/mol. The summed E-state index contributed by atoms with van der Waals surface area (Å²) in [4.78, 5) is 3.97. The highest BCUT2D eigenvalue weighted by atomic mass is 19.1. The topological polar surface area (TPSA) is 12.4 Å². The maximum atomic E-state index is 12.6. The Bertz CT molecular complexity index is 170. The van der Waals surface area contributed by atoms with Crippen LogP contribution in [-0.4, -0.2) is 11.9 Å². The van der Waals surface area contributed by atoms with Crippen LogP contribution in [0, 0.1) is 0 Å². The Morgan fingerprint density at radius 2 is 2.33 bits per heavy atom. The lowest BCUT2D eigenvalue weighted by molar-refractivity contribution is 0.422. The quantitative estimate of drug-likeness (QED) is 0.472. The minimum Gasteiger partial charge on any atom is -0.260 e. The van der Waals surface area contributed by atoms with Crippen LogP contribution in [0.25, 0.3) is 0 Å². The van der Waals surface area contributed by atoms with Gasteiger partial charge in [-0.1, -0.05) is 6.08 Å². The van der Waals surface area contributed by atoms with Gasteiger partial charge in [0.15, 0.2) is 0 Å². The highest BCUT2D eigenvalue weighted by Crippen LogP contribution is 2.12. The second-order valence-corrected chi connectivity index (χ2v) is 2.30. The van der Waals surface area contributed by atoms with E-state index in [1.807, 2.05) is 13.0 Å². The summed E-state index contributed by atoms with van der Waals surface area (Å²) in [5.41, 5.74) is 1.54. The number of hydrogen-bond acceptors (Lipinski definition) is 1. The van der Waals surface area contributed by atoms with Crippen LogP contribution in [-0.2, 0) is 0 Å². The van der Waals surface area contributed by atoms with E-state index in [2.05, 4.69) is 4.99 Å². The van der Waals surface area contributed by atoms with Gasteiger partial charge in [0.1, 0.15) is 6.17 Å². The van der Waals surface area contributed by atoms with Gasteiger partial charge in [-0.25, -0.2) is 4.39 Å². The number of alkyl halides is 1. The first-order valence-electron chi connectivity index (χ1n) is 3.06. The molecule has 0 saturated heterocycles. The molecule has 1 unspecified atom stereocenters. The van der Waals surface area contributed by atoms with E-state index < -0.39 is 6.17 Å². The zero-order valence-corrected chi connectivity index (χ0v) is 5.69. The van der Waals surface area contributed by atoms with Crippen molar-refractivity contribution in [3.05, 3.63) is 11.8 Å². The average Bonchev–Trinajstić information content (AvgIpc) is 1.80. The zero-order valence-electron chi connectivity index (χ0n) is 5.69. The summed E-state index contributed by atoms with van der Waals surface area (Å²) in [6.45, 7) is 3.61. The average molecular weight is 127 g/mol. The number of rotatable bonds is 0. The Morgan fingerprint density at radius 1 is 1.67 bits per heavy atom. The molecule has 0 amide bonds. The second-order valence-electron chi connectivity index (χ2n) is 2.30. The maximum Gasteiger partial charge on any atom is 0.141 e. The van der Waals surface area contributed by atoms with E-state index in [9.17, 15) is 4.39 Å². The number of nitrogens with zero attached hydrogens (tertiary/aromatic N) is 1. The third-order valence-corrected chi connectivity index (χ3v) is 1.43.